The molecule has 0 bridgehead atoms. The summed E-state index contributed by atoms with van der Waals surface area (Å²) in [6, 6.07) is 20.6. The van der Waals surface area contributed by atoms with Crippen LogP contribution >= 0.6 is 24.0 Å². The second kappa shape index (κ2) is 12.3. The Morgan fingerprint density at radius 2 is 1.55 bits per heavy atom. The SMILES string of the molecule is CN=C(NCC(=O)NCCc1ccccc1)N1CCN(c2ccccc2)CC1.I. The number of anilines is 1. The number of para-hydroxylation sites is 1. The molecule has 2 aromatic rings. The largest absolute Gasteiger partial charge is 0.368 e. The van der Waals surface area contributed by atoms with Crippen LogP contribution in [0.5, 0.6) is 0 Å². The fourth-order valence-corrected chi connectivity index (χ4v) is 3.36. The molecular weight excluding hydrogens is 477 g/mol. The maximum absolute atomic E-state index is 12.1. The maximum atomic E-state index is 12.1. The van der Waals surface area contributed by atoms with E-state index in [9.17, 15) is 4.79 Å². The highest BCUT2D eigenvalue weighted by Gasteiger charge is 2.20. The van der Waals surface area contributed by atoms with Crippen LogP contribution in [-0.2, 0) is 11.2 Å². The molecule has 6 nitrogen and oxygen atoms in total. The van der Waals surface area contributed by atoms with Gasteiger partial charge in [0.15, 0.2) is 5.96 Å². The van der Waals surface area contributed by atoms with Crippen molar-refractivity contribution < 1.29 is 4.79 Å². The number of aliphatic imine (C=N–C) groups is 1. The topological polar surface area (TPSA) is 60.0 Å². The zero-order valence-electron chi connectivity index (χ0n) is 16.9. The first-order valence-corrected chi connectivity index (χ1v) is 9.82. The van der Waals surface area contributed by atoms with E-state index >= 15 is 0 Å². The normalized spacial score (nSPS) is 14.2. The van der Waals surface area contributed by atoms with E-state index in [-0.39, 0.29) is 36.4 Å². The van der Waals surface area contributed by atoms with Crippen molar-refractivity contribution in [2.24, 2.45) is 4.99 Å². The molecule has 0 saturated carbocycles. The second-order valence-electron chi connectivity index (χ2n) is 6.80. The number of hydrogen-bond acceptors (Lipinski definition) is 3. The summed E-state index contributed by atoms with van der Waals surface area (Å²) in [5, 5.41) is 6.15. The number of hydrogen-bond donors (Lipinski definition) is 2. The van der Waals surface area contributed by atoms with Gasteiger partial charge in [0.2, 0.25) is 5.91 Å². The summed E-state index contributed by atoms with van der Waals surface area (Å²) in [5.41, 5.74) is 2.48. The summed E-state index contributed by atoms with van der Waals surface area (Å²) in [5.74, 6) is 0.769. The molecule has 7 heteroatoms. The van der Waals surface area contributed by atoms with Gasteiger partial charge in [0.1, 0.15) is 0 Å². The van der Waals surface area contributed by atoms with Gasteiger partial charge >= 0.3 is 0 Å². The molecule has 2 N–H and O–H groups in total. The van der Waals surface area contributed by atoms with Crippen LogP contribution in [0.1, 0.15) is 5.56 Å². The molecule has 1 fully saturated rings. The van der Waals surface area contributed by atoms with E-state index in [1.807, 2.05) is 24.3 Å². The van der Waals surface area contributed by atoms with E-state index in [0.29, 0.717) is 6.54 Å². The van der Waals surface area contributed by atoms with Gasteiger partial charge in [-0.2, -0.15) is 0 Å². The van der Waals surface area contributed by atoms with Crippen LogP contribution in [0.2, 0.25) is 0 Å². The first-order valence-electron chi connectivity index (χ1n) is 9.82. The molecule has 1 amide bonds. The molecule has 2 aromatic carbocycles. The fourth-order valence-electron chi connectivity index (χ4n) is 3.36. The minimum atomic E-state index is -0.0139. The van der Waals surface area contributed by atoms with Gasteiger partial charge in [-0.1, -0.05) is 48.5 Å². The van der Waals surface area contributed by atoms with Crippen molar-refractivity contribution in [2.45, 2.75) is 6.42 Å². The van der Waals surface area contributed by atoms with Crippen LogP contribution in [0.3, 0.4) is 0 Å². The summed E-state index contributed by atoms with van der Waals surface area (Å²) in [7, 11) is 1.76. The smallest absolute Gasteiger partial charge is 0.239 e. The van der Waals surface area contributed by atoms with E-state index in [1.165, 1.54) is 11.3 Å². The highest BCUT2D eigenvalue weighted by Crippen LogP contribution is 2.15. The second-order valence-corrected chi connectivity index (χ2v) is 6.80. The number of rotatable bonds is 6. The molecule has 0 unspecified atom stereocenters. The van der Waals surface area contributed by atoms with Gasteiger partial charge < -0.3 is 20.4 Å². The monoisotopic (exact) mass is 507 g/mol. The number of amides is 1. The number of nitrogens with one attached hydrogen (secondary N) is 2. The van der Waals surface area contributed by atoms with Gasteiger partial charge in [-0.3, -0.25) is 9.79 Å². The number of piperazine rings is 1. The van der Waals surface area contributed by atoms with Gasteiger partial charge in [0, 0.05) is 45.5 Å². The maximum Gasteiger partial charge on any atom is 0.239 e. The van der Waals surface area contributed by atoms with Crippen LogP contribution in [-0.4, -0.2) is 63.1 Å². The Morgan fingerprint density at radius 1 is 0.931 bits per heavy atom. The number of halogens is 1. The third-order valence-corrected chi connectivity index (χ3v) is 4.90. The number of carbonyl (C=O) groups excluding carboxylic acids is 1. The fraction of sp³-hybridized carbons (Fsp3) is 0.364. The highest BCUT2D eigenvalue weighted by atomic mass is 127. The molecule has 3 rings (SSSR count). The van der Waals surface area contributed by atoms with Crippen molar-refractivity contribution in [3.05, 3.63) is 66.2 Å². The molecule has 0 aromatic heterocycles. The Bertz CT molecular complexity index is 761. The van der Waals surface area contributed by atoms with Crippen LogP contribution < -0.4 is 15.5 Å². The van der Waals surface area contributed by atoms with Gasteiger partial charge in [0.05, 0.1) is 6.54 Å². The molecule has 0 radical (unpaired) electrons. The Balaban J connectivity index is 0.00000300. The molecule has 1 saturated heterocycles. The highest BCUT2D eigenvalue weighted by molar-refractivity contribution is 14.0. The van der Waals surface area contributed by atoms with Crippen molar-refractivity contribution >= 4 is 41.5 Å². The molecule has 0 aliphatic carbocycles. The number of benzene rings is 2. The minimum absolute atomic E-state index is 0. The van der Waals surface area contributed by atoms with Crippen molar-refractivity contribution in [1.29, 1.82) is 0 Å². The first-order chi connectivity index (χ1) is 13.8. The lowest BCUT2D eigenvalue weighted by Gasteiger charge is -2.37. The number of nitrogens with zero attached hydrogens (tertiary/aromatic N) is 3. The van der Waals surface area contributed by atoms with Crippen LogP contribution in [0, 0.1) is 0 Å². The van der Waals surface area contributed by atoms with E-state index < -0.39 is 0 Å². The van der Waals surface area contributed by atoms with E-state index in [4.69, 9.17) is 0 Å². The van der Waals surface area contributed by atoms with Crippen molar-refractivity contribution in [3.8, 4) is 0 Å². The lowest BCUT2D eigenvalue weighted by molar-refractivity contribution is -0.120. The minimum Gasteiger partial charge on any atom is -0.368 e. The summed E-state index contributed by atoms with van der Waals surface area (Å²) in [4.78, 5) is 21.0. The first kappa shape index (κ1) is 23.0. The van der Waals surface area contributed by atoms with Crippen LogP contribution in [0.4, 0.5) is 5.69 Å². The third-order valence-electron chi connectivity index (χ3n) is 4.90. The van der Waals surface area contributed by atoms with Crippen LogP contribution in [0.25, 0.3) is 0 Å². The molecule has 1 aliphatic rings. The summed E-state index contributed by atoms with van der Waals surface area (Å²) >= 11 is 0. The molecule has 156 valence electrons. The third kappa shape index (κ3) is 7.23. The molecule has 0 spiro atoms. The number of guanidine groups is 1. The Hall–Kier alpha value is -2.29. The molecule has 0 atom stereocenters. The standard InChI is InChI=1S/C22H29N5O.HI/c1-23-22(25-18-21(28)24-13-12-19-8-4-2-5-9-19)27-16-14-26(15-17-27)20-10-6-3-7-11-20;/h2-11H,12-18H2,1H3,(H,23,25)(H,24,28);1H. The predicted octanol–water partition coefficient (Wildman–Crippen LogP) is 2.36. The average Bonchev–Trinajstić information content (AvgIpc) is 2.76. The summed E-state index contributed by atoms with van der Waals surface area (Å²) < 4.78 is 0. The quantitative estimate of drug-likeness (QED) is 0.358. The van der Waals surface area contributed by atoms with Crippen molar-refractivity contribution in [3.63, 3.8) is 0 Å². The predicted molar refractivity (Wildman–Crippen MR) is 130 cm³/mol. The van der Waals surface area contributed by atoms with Gasteiger partial charge in [-0.15, -0.1) is 24.0 Å². The zero-order chi connectivity index (χ0) is 19.6. The van der Waals surface area contributed by atoms with E-state index in [2.05, 4.69) is 61.8 Å². The lowest BCUT2D eigenvalue weighted by Crippen LogP contribution is -2.53. The number of carbonyl (C=O) groups is 1. The Morgan fingerprint density at radius 3 is 2.17 bits per heavy atom. The van der Waals surface area contributed by atoms with Crippen molar-refractivity contribution in [2.75, 3.05) is 51.2 Å². The molecule has 1 heterocycles. The summed E-state index contributed by atoms with van der Waals surface area (Å²) in [6.45, 7) is 4.51. The van der Waals surface area contributed by atoms with E-state index in [1.54, 1.807) is 7.05 Å². The van der Waals surface area contributed by atoms with E-state index in [0.717, 1.165) is 38.6 Å². The Kier molecular flexibility index (Phi) is 9.76. The van der Waals surface area contributed by atoms with Gasteiger partial charge in [0.25, 0.3) is 0 Å². The van der Waals surface area contributed by atoms with Gasteiger partial charge in [-0.25, -0.2) is 0 Å². The Labute approximate surface area is 190 Å². The van der Waals surface area contributed by atoms with Crippen molar-refractivity contribution in [1.82, 2.24) is 15.5 Å². The summed E-state index contributed by atoms with van der Waals surface area (Å²) in [6.07, 6.45) is 0.836. The molecule has 29 heavy (non-hydrogen) atoms. The van der Waals surface area contributed by atoms with Gasteiger partial charge in [-0.05, 0) is 24.1 Å². The zero-order valence-corrected chi connectivity index (χ0v) is 19.2. The molecular formula is C22H30IN5O. The molecule has 1 aliphatic heterocycles. The van der Waals surface area contributed by atoms with Crippen LogP contribution in [0.15, 0.2) is 65.7 Å². The average molecular weight is 507 g/mol. The lowest BCUT2D eigenvalue weighted by atomic mass is 10.1.